The van der Waals surface area contributed by atoms with Crippen LogP contribution in [0.5, 0.6) is 0 Å². The average molecular weight is 1420 g/mol. The normalized spacial score (nSPS) is 14.3. The second-order valence-corrected chi connectivity index (χ2v) is 32.2. The van der Waals surface area contributed by atoms with E-state index >= 15 is 0 Å². The maximum absolute atomic E-state index is 13.1. The molecule has 0 bridgehead atoms. The quantitative estimate of drug-likeness (QED) is 0.0222. The van der Waals surface area contributed by atoms with Crippen LogP contribution in [0, 0.1) is 17.8 Å². The van der Waals surface area contributed by atoms with Crippen molar-refractivity contribution in [3.63, 3.8) is 0 Å². The third-order valence-corrected chi connectivity index (χ3v) is 20.4. The molecular formula is C78H152O17P2. The molecule has 3 unspecified atom stereocenters. The van der Waals surface area contributed by atoms with E-state index in [0.29, 0.717) is 25.7 Å². The van der Waals surface area contributed by atoms with Crippen LogP contribution < -0.4 is 0 Å². The lowest BCUT2D eigenvalue weighted by atomic mass is 10.00. The molecule has 576 valence electrons. The fraction of sp³-hybridized carbons (Fsp3) is 0.949. The Morgan fingerprint density at radius 3 is 0.784 bits per heavy atom. The van der Waals surface area contributed by atoms with Crippen LogP contribution in [0.25, 0.3) is 0 Å². The molecule has 0 aromatic carbocycles. The Balaban J connectivity index is 5.24. The first-order chi connectivity index (χ1) is 46.8. The van der Waals surface area contributed by atoms with Gasteiger partial charge in [-0.05, 0) is 43.4 Å². The number of unbranched alkanes of at least 4 members (excludes halogenated alkanes) is 43. The van der Waals surface area contributed by atoms with Gasteiger partial charge in [0, 0.05) is 25.7 Å². The topological polar surface area (TPSA) is 237 Å². The second-order valence-electron chi connectivity index (χ2n) is 29.3. The van der Waals surface area contributed by atoms with E-state index < -0.39 is 97.5 Å². The van der Waals surface area contributed by atoms with Gasteiger partial charge in [0.15, 0.2) is 12.2 Å². The van der Waals surface area contributed by atoms with E-state index in [-0.39, 0.29) is 25.7 Å². The minimum Gasteiger partial charge on any atom is -0.462 e. The lowest BCUT2D eigenvalue weighted by molar-refractivity contribution is -0.161. The maximum Gasteiger partial charge on any atom is 0.472 e. The summed E-state index contributed by atoms with van der Waals surface area (Å²) in [6.45, 7) is 11.9. The van der Waals surface area contributed by atoms with Gasteiger partial charge >= 0.3 is 39.5 Å². The Labute approximate surface area is 594 Å². The highest BCUT2D eigenvalue weighted by Gasteiger charge is 2.30. The molecule has 0 aliphatic rings. The number of carbonyl (C=O) groups is 4. The van der Waals surface area contributed by atoms with Crippen LogP contribution in [0.3, 0.4) is 0 Å². The van der Waals surface area contributed by atoms with Gasteiger partial charge in [-0.15, -0.1) is 0 Å². The molecule has 0 saturated carbocycles. The number of hydrogen-bond acceptors (Lipinski definition) is 15. The number of aliphatic hydroxyl groups is 1. The van der Waals surface area contributed by atoms with Crippen molar-refractivity contribution < 1.29 is 80.2 Å². The van der Waals surface area contributed by atoms with E-state index in [4.69, 9.17) is 37.0 Å². The van der Waals surface area contributed by atoms with Crippen molar-refractivity contribution in [2.75, 3.05) is 39.6 Å². The molecule has 3 N–H and O–H groups in total. The smallest absolute Gasteiger partial charge is 0.462 e. The zero-order chi connectivity index (χ0) is 71.6. The summed E-state index contributed by atoms with van der Waals surface area (Å²) < 4.78 is 68.6. The summed E-state index contributed by atoms with van der Waals surface area (Å²) in [6.07, 6.45) is 55.5. The van der Waals surface area contributed by atoms with Crippen molar-refractivity contribution in [3.8, 4) is 0 Å². The summed E-state index contributed by atoms with van der Waals surface area (Å²) >= 11 is 0. The van der Waals surface area contributed by atoms with Crippen molar-refractivity contribution in [1.82, 2.24) is 0 Å². The molecular weight excluding hydrogens is 1270 g/mol. The average Bonchev–Trinajstić information content (AvgIpc) is 1.03. The number of hydrogen-bond donors (Lipinski definition) is 3. The molecule has 0 aromatic rings. The highest BCUT2D eigenvalue weighted by molar-refractivity contribution is 7.47. The van der Waals surface area contributed by atoms with Crippen molar-refractivity contribution in [3.05, 3.63) is 0 Å². The third kappa shape index (κ3) is 70.9. The summed E-state index contributed by atoms with van der Waals surface area (Å²) in [5.41, 5.74) is 0. The number of esters is 4. The third-order valence-electron chi connectivity index (χ3n) is 18.5. The van der Waals surface area contributed by atoms with Gasteiger partial charge in [0.2, 0.25) is 0 Å². The summed E-state index contributed by atoms with van der Waals surface area (Å²) in [6, 6.07) is 0. The predicted molar refractivity (Wildman–Crippen MR) is 395 cm³/mol. The van der Waals surface area contributed by atoms with Gasteiger partial charge in [0.05, 0.1) is 26.4 Å². The zero-order valence-electron chi connectivity index (χ0n) is 63.5. The lowest BCUT2D eigenvalue weighted by Crippen LogP contribution is -2.30. The number of rotatable bonds is 76. The van der Waals surface area contributed by atoms with Crippen LogP contribution in [0.4, 0.5) is 0 Å². The molecule has 6 atom stereocenters. The van der Waals surface area contributed by atoms with Crippen LogP contribution in [-0.4, -0.2) is 96.7 Å². The molecule has 0 heterocycles. The molecule has 0 aliphatic carbocycles. The van der Waals surface area contributed by atoms with Gasteiger partial charge in [-0.25, -0.2) is 9.13 Å². The lowest BCUT2D eigenvalue weighted by Gasteiger charge is -2.21. The maximum atomic E-state index is 13.1. The van der Waals surface area contributed by atoms with E-state index in [9.17, 15) is 43.2 Å². The Kier molecular flexibility index (Phi) is 67.1. The number of carbonyl (C=O) groups excluding carboxylic acids is 4. The van der Waals surface area contributed by atoms with Gasteiger partial charge in [-0.2, -0.15) is 0 Å². The molecule has 0 spiro atoms. The Hall–Kier alpha value is -1.94. The first-order valence-electron chi connectivity index (χ1n) is 40.4. The Bertz CT molecular complexity index is 1890. The number of phosphoric acid groups is 2. The molecule has 0 aliphatic heterocycles. The van der Waals surface area contributed by atoms with Crippen LogP contribution in [0.1, 0.15) is 402 Å². The molecule has 0 fully saturated rings. The van der Waals surface area contributed by atoms with Crippen LogP contribution in [0.2, 0.25) is 0 Å². The molecule has 0 saturated heterocycles. The molecule has 0 radical (unpaired) electrons. The first kappa shape index (κ1) is 95.1. The fourth-order valence-electron chi connectivity index (χ4n) is 11.9. The van der Waals surface area contributed by atoms with Crippen molar-refractivity contribution in [2.24, 2.45) is 17.8 Å². The van der Waals surface area contributed by atoms with Gasteiger partial charge in [-0.1, -0.05) is 350 Å². The SMILES string of the molecule is CCCCCCCCCCCCCCC(=O)O[C@H](COC(=O)CCCCCCCCC(C)CC)COP(=O)(O)OC[C@H](O)COP(=O)(O)OC[C@@H](COC(=O)CCCCCCCCCCCCCCCC(C)C)OC(=O)CCCCCCCCCCCCCCCCCCC(C)C. The van der Waals surface area contributed by atoms with Gasteiger partial charge < -0.3 is 33.8 Å². The monoisotopic (exact) mass is 1420 g/mol. The Morgan fingerprint density at radius 2 is 0.526 bits per heavy atom. The minimum atomic E-state index is -4.96. The van der Waals surface area contributed by atoms with E-state index in [0.717, 1.165) is 114 Å². The van der Waals surface area contributed by atoms with Crippen LogP contribution in [-0.2, 0) is 65.4 Å². The molecule has 0 rings (SSSR count). The van der Waals surface area contributed by atoms with E-state index in [1.54, 1.807) is 0 Å². The molecule has 97 heavy (non-hydrogen) atoms. The zero-order valence-corrected chi connectivity index (χ0v) is 65.3. The van der Waals surface area contributed by atoms with E-state index in [1.165, 1.54) is 205 Å². The number of phosphoric ester groups is 2. The number of ether oxygens (including phenoxy) is 4. The summed E-state index contributed by atoms with van der Waals surface area (Å²) in [5, 5.41) is 10.6. The highest BCUT2D eigenvalue weighted by atomic mass is 31.2. The summed E-state index contributed by atoms with van der Waals surface area (Å²) in [5.74, 6) is 0.217. The van der Waals surface area contributed by atoms with Gasteiger partial charge in [0.25, 0.3) is 0 Å². The summed E-state index contributed by atoms with van der Waals surface area (Å²) in [7, 11) is -9.91. The molecule has 0 amide bonds. The molecule has 19 heteroatoms. The minimum absolute atomic E-state index is 0.106. The first-order valence-corrected chi connectivity index (χ1v) is 43.4. The van der Waals surface area contributed by atoms with Crippen molar-refractivity contribution in [2.45, 2.75) is 420 Å². The molecule has 17 nitrogen and oxygen atoms in total. The largest absolute Gasteiger partial charge is 0.472 e. The fourth-order valence-corrected chi connectivity index (χ4v) is 13.5. The van der Waals surface area contributed by atoms with Crippen LogP contribution in [0.15, 0.2) is 0 Å². The van der Waals surface area contributed by atoms with Crippen molar-refractivity contribution >= 4 is 39.5 Å². The number of aliphatic hydroxyl groups excluding tert-OH is 1. The van der Waals surface area contributed by atoms with E-state index in [2.05, 4.69) is 48.5 Å². The Morgan fingerprint density at radius 1 is 0.299 bits per heavy atom. The van der Waals surface area contributed by atoms with Crippen molar-refractivity contribution in [1.29, 1.82) is 0 Å². The highest BCUT2D eigenvalue weighted by Crippen LogP contribution is 2.45. The standard InChI is InChI=1S/C78H152O17P2/c1-8-10-11-12-13-14-15-27-33-38-47-54-61-77(82)95-74(66-89-76(81)60-53-46-41-40-44-51-58-71(7)9-2)68-93-97(86,87)91-64-72(79)63-90-96(84,85)92-67-73(65-88-75(80)59-52-45-37-32-28-24-20-22-26-31-36-43-50-57-70(5)6)94-78(83)62-55-48-39-34-29-23-19-17-16-18-21-25-30-35-42-49-56-69(3)4/h69-74,79H,8-68H2,1-7H3,(H,84,85)(H,86,87)/t71?,72-,73-,74-/m1/s1. The van der Waals surface area contributed by atoms with Gasteiger partial charge in [-0.3, -0.25) is 37.3 Å². The van der Waals surface area contributed by atoms with Gasteiger partial charge in [0.1, 0.15) is 19.3 Å². The van der Waals surface area contributed by atoms with Crippen LogP contribution >= 0.6 is 15.6 Å². The summed E-state index contributed by atoms with van der Waals surface area (Å²) in [4.78, 5) is 72.9. The van der Waals surface area contributed by atoms with E-state index in [1.807, 2.05) is 0 Å². The second kappa shape index (κ2) is 68.5. The molecule has 0 aromatic heterocycles. The predicted octanol–water partition coefficient (Wildman–Crippen LogP) is 23.0.